The number of carbonyl (C=O) groups excluding carboxylic acids is 4. The minimum Gasteiger partial charge on any atom is -0.545 e. The van der Waals surface area contributed by atoms with Crippen LogP contribution in [0.4, 0.5) is 0 Å². The maximum atomic E-state index is 9.49. The number of hydrogen-bond acceptors (Lipinski definition) is 8. The van der Waals surface area contributed by atoms with Crippen LogP contribution in [0.15, 0.2) is 48.6 Å². The number of hydrogen-bond donors (Lipinski definition) is 0. The van der Waals surface area contributed by atoms with E-state index >= 15 is 0 Å². The van der Waals surface area contributed by atoms with Gasteiger partial charge in [0.25, 0.3) is 0 Å². The summed E-state index contributed by atoms with van der Waals surface area (Å²) in [6.07, 6.45) is 0. The first-order valence-corrected chi connectivity index (χ1v) is 6.05. The topological polar surface area (TPSA) is 161 Å². The van der Waals surface area contributed by atoms with Gasteiger partial charge in [0.05, 0.1) is 23.9 Å². The van der Waals surface area contributed by atoms with Crippen LogP contribution in [0.1, 0.15) is 27.7 Å². The van der Waals surface area contributed by atoms with Gasteiger partial charge in [-0.1, -0.05) is 26.3 Å². The fraction of sp³-hybridized carbons (Fsp3) is 0.250. The van der Waals surface area contributed by atoms with E-state index in [9.17, 15) is 39.6 Å². The largest absolute Gasteiger partial charge is 4.00 e. The smallest absolute Gasteiger partial charge is 0.545 e. The van der Waals surface area contributed by atoms with Crippen molar-refractivity contribution in [2.45, 2.75) is 27.7 Å². The molecule has 0 amide bonds. The Morgan fingerprint density at radius 3 is 0.520 bits per heavy atom. The number of rotatable bonds is 4. The van der Waals surface area contributed by atoms with E-state index in [1.54, 1.807) is 0 Å². The number of carboxylic acids is 4. The molecule has 0 aliphatic carbocycles. The van der Waals surface area contributed by atoms with E-state index in [1.165, 1.54) is 27.7 Å². The van der Waals surface area contributed by atoms with Crippen LogP contribution in [0.2, 0.25) is 0 Å². The summed E-state index contributed by atoms with van der Waals surface area (Å²) in [7, 11) is 0. The van der Waals surface area contributed by atoms with Gasteiger partial charge >= 0.3 is 19.5 Å². The van der Waals surface area contributed by atoms with Crippen LogP contribution in [0.25, 0.3) is 0 Å². The zero-order valence-corrected chi connectivity index (χ0v) is 17.8. The third-order valence-electron chi connectivity index (χ3n) is 1.39. The molecule has 8 nitrogen and oxygen atoms in total. The Morgan fingerprint density at radius 1 is 0.480 bits per heavy atom. The van der Waals surface area contributed by atoms with Crippen molar-refractivity contribution in [1.29, 1.82) is 0 Å². The third-order valence-corrected chi connectivity index (χ3v) is 1.39. The van der Waals surface area contributed by atoms with Gasteiger partial charge in [-0.05, 0) is 50.0 Å². The molecule has 0 fully saturated rings. The molecular weight excluding hydrogens is 386 g/mol. The van der Waals surface area contributed by atoms with E-state index in [0.717, 1.165) is 0 Å². The first-order chi connectivity index (χ1) is 10.6. The molecule has 0 heterocycles. The molecular formula is C16H20O8Zn. The van der Waals surface area contributed by atoms with Crippen LogP contribution in [-0.2, 0) is 38.7 Å². The molecule has 9 heteroatoms. The van der Waals surface area contributed by atoms with Crippen molar-refractivity contribution < 1.29 is 59.1 Å². The van der Waals surface area contributed by atoms with Gasteiger partial charge in [-0.3, -0.25) is 0 Å². The van der Waals surface area contributed by atoms with Gasteiger partial charge in [0.15, 0.2) is 0 Å². The summed E-state index contributed by atoms with van der Waals surface area (Å²) in [5.41, 5.74) is 0.259. The first kappa shape index (κ1) is 33.9. The minimum absolute atomic E-state index is 0. The van der Waals surface area contributed by atoms with Gasteiger partial charge < -0.3 is 39.6 Å². The molecule has 0 saturated carbocycles. The van der Waals surface area contributed by atoms with E-state index in [-0.39, 0.29) is 41.8 Å². The van der Waals surface area contributed by atoms with Crippen molar-refractivity contribution in [3.63, 3.8) is 0 Å². The Morgan fingerprint density at radius 2 is 0.520 bits per heavy atom. The molecule has 0 aromatic carbocycles. The Kier molecular flexibility index (Phi) is 26.5. The SMILES string of the molecule is C=C(C)C(=O)[O-].C=C(C)C(=O)[O-].C=C(C)C(=O)[O-].C=C(C)C(=O)[O-].[Zn+4]. The van der Waals surface area contributed by atoms with E-state index in [4.69, 9.17) is 0 Å². The third kappa shape index (κ3) is 44.9. The second kappa shape index (κ2) is 19.5. The predicted octanol–water partition coefficient (Wildman–Crippen LogP) is -2.75. The molecule has 0 rings (SSSR count). The first-order valence-electron chi connectivity index (χ1n) is 6.05. The molecule has 0 radical (unpaired) electrons. The molecule has 0 bridgehead atoms. The van der Waals surface area contributed by atoms with E-state index in [1.807, 2.05) is 0 Å². The molecule has 0 saturated heterocycles. The second-order valence-corrected chi connectivity index (χ2v) is 4.27. The summed E-state index contributed by atoms with van der Waals surface area (Å²) in [5.74, 6) is -4.74. The summed E-state index contributed by atoms with van der Waals surface area (Å²) in [5, 5.41) is 38.0. The summed E-state index contributed by atoms with van der Waals surface area (Å²) in [6, 6.07) is 0. The Labute approximate surface area is 159 Å². The van der Waals surface area contributed by atoms with Gasteiger partial charge in [0, 0.05) is 0 Å². The summed E-state index contributed by atoms with van der Waals surface area (Å²) in [6.45, 7) is 17.9. The number of aliphatic carboxylic acids is 4. The van der Waals surface area contributed by atoms with Crippen molar-refractivity contribution in [3.05, 3.63) is 48.6 Å². The Balaban J connectivity index is -0.0000000702. The average Bonchev–Trinajstić information content (AvgIpc) is 2.40. The Bertz CT molecular complexity index is 388. The number of carboxylic acid groups (broad SMARTS) is 4. The van der Waals surface area contributed by atoms with Crippen LogP contribution in [0, 0.1) is 0 Å². The van der Waals surface area contributed by atoms with E-state index in [2.05, 4.69) is 26.3 Å². The fourth-order valence-corrected chi connectivity index (χ4v) is 0. The molecule has 134 valence electrons. The maximum absolute atomic E-state index is 9.49. The van der Waals surface area contributed by atoms with Crippen molar-refractivity contribution in [1.82, 2.24) is 0 Å². The molecule has 0 atom stereocenters. The van der Waals surface area contributed by atoms with Crippen LogP contribution < -0.4 is 20.4 Å². The molecule has 0 aromatic rings. The van der Waals surface area contributed by atoms with Crippen LogP contribution in [-0.4, -0.2) is 23.9 Å². The zero-order valence-electron chi connectivity index (χ0n) is 14.8. The molecule has 0 aromatic heterocycles. The van der Waals surface area contributed by atoms with Crippen molar-refractivity contribution in [2.75, 3.05) is 0 Å². The zero-order chi connectivity index (χ0) is 20.6. The Hall–Kier alpha value is -2.54. The van der Waals surface area contributed by atoms with Crippen LogP contribution in [0.5, 0.6) is 0 Å². The normalized spacial score (nSPS) is 7.20. The second-order valence-electron chi connectivity index (χ2n) is 4.27. The van der Waals surface area contributed by atoms with Gasteiger partial charge in [0.1, 0.15) is 0 Å². The van der Waals surface area contributed by atoms with Crippen LogP contribution >= 0.6 is 0 Å². The monoisotopic (exact) mass is 404 g/mol. The maximum Gasteiger partial charge on any atom is 4.00 e. The van der Waals surface area contributed by atoms with Crippen molar-refractivity contribution in [2.24, 2.45) is 0 Å². The van der Waals surface area contributed by atoms with Crippen molar-refractivity contribution in [3.8, 4) is 0 Å². The number of carbonyl (C=O) groups is 4. The average molecular weight is 406 g/mol. The molecule has 0 aliphatic heterocycles. The van der Waals surface area contributed by atoms with Crippen LogP contribution in [0.3, 0.4) is 0 Å². The minimum atomic E-state index is -1.19. The van der Waals surface area contributed by atoms with Gasteiger partial charge in [0.2, 0.25) is 0 Å². The quantitative estimate of drug-likeness (QED) is 0.359. The summed E-state index contributed by atoms with van der Waals surface area (Å²) >= 11 is 0. The molecule has 0 aliphatic rings. The molecule has 0 spiro atoms. The fourth-order valence-electron chi connectivity index (χ4n) is 0. The van der Waals surface area contributed by atoms with Gasteiger partial charge in [-0.25, -0.2) is 0 Å². The summed E-state index contributed by atoms with van der Waals surface area (Å²) < 4.78 is 0. The van der Waals surface area contributed by atoms with Crippen molar-refractivity contribution >= 4 is 23.9 Å². The van der Waals surface area contributed by atoms with E-state index < -0.39 is 23.9 Å². The molecule has 25 heavy (non-hydrogen) atoms. The standard InChI is InChI=1S/4C4H6O2.Zn/c4*1-3(2)4(5)6;/h4*1H2,2H3,(H,5,6);/q;;;;+4/p-4. The predicted molar refractivity (Wildman–Crippen MR) is 79.3 cm³/mol. The summed E-state index contributed by atoms with van der Waals surface area (Å²) in [4.78, 5) is 38.0. The van der Waals surface area contributed by atoms with Gasteiger partial charge in [-0.15, -0.1) is 0 Å². The van der Waals surface area contributed by atoms with Gasteiger partial charge in [-0.2, -0.15) is 0 Å². The van der Waals surface area contributed by atoms with E-state index in [0.29, 0.717) is 0 Å². The molecule has 0 N–H and O–H groups in total. The molecule has 0 unspecified atom stereocenters.